The molecule has 0 aromatic heterocycles. The number of ether oxygens (including phenoxy) is 1. The summed E-state index contributed by atoms with van der Waals surface area (Å²) < 4.78 is 149. The zero-order valence-corrected chi connectivity index (χ0v) is 16.0. The molecule has 1 unspecified atom stereocenters. The number of aliphatic hydroxyl groups is 1. The standard InChI is InChI=1S/C16H17F11O3/c1-7(2)6-9(8(3)4)10(28)30-11(5,14(19,20)21)13(17,18)12(29,15(22,23)24)16(25,26)27/h6,29H,1-5H3. The Morgan fingerprint density at radius 1 is 0.767 bits per heavy atom. The zero-order chi connectivity index (χ0) is 24.7. The highest BCUT2D eigenvalue weighted by Crippen LogP contribution is 2.59. The van der Waals surface area contributed by atoms with Gasteiger partial charge in [-0.1, -0.05) is 11.1 Å². The number of hydrogen-bond acceptors (Lipinski definition) is 3. The summed E-state index contributed by atoms with van der Waals surface area (Å²) in [5.74, 6) is -9.43. The Balaban J connectivity index is 6.98. The van der Waals surface area contributed by atoms with E-state index in [1.54, 1.807) is 0 Å². The number of allylic oxidation sites excluding steroid dienone is 2. The van der Waals surface area contributed by atoms with Gasteiger partial charge in [0.2, 0.25) is 0 Å². The number of rotatable bonds is 5. The molecule has 0 amide bonds. The molecule has 0 aliphatic heterocycles. The second-order valence-electron chi connectivity index (χ2n) is 6.84. The molecular formula is C16H17F11O3. The largest absolute Gasteiger partial charge is 0.439 e. The van der Waals surface area contributed by atoms with Gasteiger partial charge in [0.1, 0.15) is 0 Å². The van der Waals surface area contributed by atoms with Gasteiger partial charge in [-0.05, 0) is 40.7 Å². The number of alkyl halides is 11. The average molecular weight is 466 g/mol. The lowest BCUT2D eigenvalue weighted by Gasteiger charge is -2.46. The molecular weight excluding hydrogens is 449 g/mol. The van der Waals surface area contributed by atoms with Crippen LogP contribution in [0.3, 0.4) is 0 Å². The van der Waals surface area contributed by atoms with Crippen LogP contribution in [-0.2, 0) is 9.53 Å². The molecule has 0 heterocycles. The molecule has 14 heteroatoms. The van der Waals surface area contributed by atoms with Gasteiger partial charge in [0, 0.05) is 0 Å². The van der Waals surface area contributed by atoms with Crippen LogP contribution in [0.5, 0.6) is 0 Å². The number of halogens is 11. The molecule has 0 aliphatic carbocycles. The lowest BCUT2D eigenvalue weighted by Crippen LogP contribution is -2.77. The van der Waals surface area contributed by atoms with Gasteiger partial charge in [-0.15, -0.1) is 0 Å². The highest BCUT2D eigenvalue weighted by Gasteiger charge is 2.90. The first kappa shape index (κ1) is 28.1. The smallest absolute Gasteiger partial charge is 0.434 e. The summed E-state index contributed by atoms with van der Waals surface area (Å²) in [6, 6.07) is 0. The van der Waals surface area contributed by atoms with E-state index in [9.17, 15) is 53.1 Å². The Labute approximate surface area is 163 Å². The summed E-state index contributed by atoms with van der Waals surface area (Å²) in [6.45, 7) is 3.92. The van der Waals surface area contributed by atoms with E-state index in [0.717, 1.165) is 19.9 Å². The molecule has 1 N–H and O–H groups in total. The van der Waals surface area contributed by atoms with Crippen LogP contribution in [-0.4, -0.2) is 46.7 Å². The van der Waals surface area contributed by atoms with Gasteiger partial charge in [-0.2, -0.15) is 48.3 Å². The van der Waals surface area contributed by atoms with Crippen molar-refractivity contribution in [2.24, 2.45) is 0 Å². The number of hydrogen-bond donors (Lipinski definition) is 1. The normalized spacial score (nSPS) is 15.9. The Bertz CT molecular complexity index is 704. The summed E-state index contributed by atoms with van der Waals surface area (Å²) in [7, 11) is 0. The molecule has 0 saturated carbocycles. The lowest BCUT2D eigenvalue weighted by atomic mass is 9.81. The third-order valence-electron chi connectivity index (χ3n) is 3.90. The van der Waals surface area contributed by atoms with E-state index in [-0.39, 0.29) is 11.1 Å². The maximum Gasteiger partial charge on any atom is 0.434 e. The Hall–Kier alpha value is -1.86. The van der Waals surface area contributed by atoms with Gasteiger partial charge in [-0.3, -0.25) is 0 Å². The van der Waals surface area contributed by atoms with Gasteiger partial charge in [-0.25, -0.2) is 4.79 Å². The minimum absolute atomic E-state index is 0.143. The lowest BCUT2D eigenvalue weighted by molar-refractivity contribution is -0.461. The first-order chi connectivity index (χ1) is 12.9. The third kappa shape index (κ3) is 4.57. The molecule has 0 radical (unpaired) electrons. The summed E-state index contributed by atoms with van der Waals surface area (Å²) in [5, 5.41) is 8.90. The molecule has 0 fully saturated rings. The first-order valence-corrected chi connectivity index (χ1v) is 7.74. The molecule has 0 bridgehead atoms. The summed E-state index contributed by atoms with van der Waals surface area (Å²) >= 11 is 0. The second-order valence-corrected chi connectivity index (χ2v) is 6.84. The van der Waals surface area contributed by atoms with E-state index in [1.165, 1.54) is 13.8 Å². The zero-order valence-electron chi connectivity index (χ0n) is 16.0. The Morgan fingerprint density at radius 3 is 1.37 bits per heavy atom. The fourth-order valence-electron chi connectivity index (χ4n) is 2.10. The van der Waals surface area contributed by atoms with Crippen molar-refractivity contribution in [1.82, 2.24) is 0 Å². The van der Waals surface area contributed by atoms with Crippen molar-refractivity contribution in [3.05, 3.63) is 22.8 Å². The van der Waals surface area contributed by atoms with Crippen molar-refractivity contribution in [2.45, 2.75) is 70.3 Å². The molecule has 0 aromatic carbocycles. The van der Waals surface area contributed by atoms with Crippen LogP contribution in [0.4, 0.5) is 48.3 Å². The van der Waals surface area contributed by atoms with Crippen LogP contribution in [0.2, 0.25) is 0 Å². The SMILES string of the molecule is CC(C)=CC(C(=O)OC(C)(C(F)(F)F)C(F)(F)C(O)(C(F)(F)F)C(F)(F)F)=C(C)C. The minimum atomic E-state index is -7.33. The fourth-order valence-corrected chi connectivity index (χ4v) is 2.10. The van der Waals surface area contributed by atoms with Gasteiger partial charge < -0.3 is 9.84 Å². The van der Waals surface area contributed by atoms with Crippen molar-refractivity contribution >= 4 is 5.97 Å². The van der Waals surface area contributed by atoms with Crippen LogP contribution in [0.15, 0.2) is 22.8 Å². The van der Waals surface area contributed by atoms with Crippen molar-refractivity contribution in [1.29, 1.82) is 0 Å². The van der Waals surface area contributed by atoms with Crippen LogP contribution in [0.1, 0.15) is 34.6 Å². The highest BCUT2D eigenvalue weighted by atomic mass is 19.4. The number of esters is 1. The molecule has 0 spiro atoms. The van der Waals surface area contributed by atoms with Crippen molar-refractivity contribution in [2.75, 3.05) is 0 Å². The van der Waals surface area contributed by atoms with Crippen molar-refractivity contribution in [3.8, 4) is 0 Å². The van der Waals surface area contributed by atoms with Crippen molar-refractivity contribution in [3.63, 3.8) is 0 Å². The summed E-state index contributed by atoms with van der Waals surface area (Å²) in [6.07, 6.45) is -20.5. The monoisotopic (exact) mass is 466 g/mol. The van der Waals surface area contributed by atoms with Crippen LogP contribution < -0.4 is 0 Å². The van der Waals surface area contributed by atoms with Crippen LogP contribution in [0, 0.1) is 0 Å². The predicted octanol–water partition coefficient (Wildman–Crippen LogP) is 5.64. The quantitative estimate of drug-likeness (QED) is 0.247. The average Bonchev–Trinajstić information content (AvgIpc) is 2.47. The first-order valence-electron chi connectivity index (χ1n) is 7.74. The number of carbonyl (C=O) groups is 1. The Kier molecular flexibility index (Phi) is 7.51. The Morgan fingerprint density at radius 2 is 1.13 bits per heavy atom. The van der Waals surface area contributed by atoms with E-state index in [2.05, 4.69) is 4.74 Å². The summed E-state index contributed by atoms with van der Waals surface area (Å²) in [4.78, 5) is 12.1. The van der Waals surface area contributed by atoms with E-state index in [4.69, 9.17) is 5.11 Å². The fraction of sp³-hybridized carbons (Fsp3) is 0.688. The molecule has 0 rings (SSSR count). The van der Waals surface area contributed by atoms with Gasteiger partial charge in [0.25, 0.3) is 5.60 Å². The minimum Gasteiger partial charge on any atom is -0.439 e. The maximum absolute atomic E-state index is 14.4. The van der Waals surface area contributed by atoms with Crippen molar-refractivity contribution < 1.29 is 62.9 Å². The maximum atomic E-state index is 14.4. The topological polar surface area (TPSA) is 46.5 Å². The van der Waals surface area contributed by atoms with E-state index in [1.807, 2.05) is 0 Å². The molecule has 0 saturated heterocycles. The predicted molar refractivity (Wildman–Crippen MR) is 80.4 cm³/mol. The summed E-state index contributed by atoms with van der Waals surface area (Å²) in [5.41, 5.74) is -13.7. The second kappa shape index (κ2) is 8.00. The molecule has 176 valence electrons. The van der Waals surface area contributed by atoms with E-state index >= 15 is 0 Å². The molecule has 0 aromatic rings. The number of carbonyl (C=O) groups excluding carboxylic acids is 1. The van der Waals surface area contributed by atoms with Crippen LogP contribution in [0.25, 0.3) is 0 Å². The van der Waals surface area contributed by atoms with Gasteiger partial charge in [0.05, 0.1) is 5.57 Å². The van der Waals surface area contributed by atoms with Crippen LogP contribution >= 0.6 is 0 Å². The molecule has 30 heavy (non-hydrogen) atoms. The molecule has 1 atom stereocenters. The van der Waals surface area contributed by atoms with E-state index in [0.29, 0.717) is 0 Å². The molecule has 3 nitrogen and oxygen atoms in total. The highest BCUT2D eigenvalue weighted by molar-refractivity contribution is 5.92. The van der Waals surface area contributed by atoms with E-state index < -0.39 is 54.1 Å². The molecule has 0 aliphatic rings. The van der Waals surface area contributed by atoms with Gasteiger partial charge >= 0.3 is 36.0 Å². The third-order valence-corrected chi connectivity index (χ3v) is 3.90. The van der Waals surface area contributed by atoms with Gasteiger partial charge in [0.15, 0.2) is 0 Å².